The van der Waals surface area contributed by atoms with E-state index in [4.69, 9.17) is 11.6 Å². The third kappa shape index (κ3) is 2.51. The smallest absolute Gasteiger partial charge is 0.322 e. The van der Waals surface area contributed by atoms with Crippen LogP contribution in [0.25, 0.3) is 0 Å². The molecule has 0 fully saturated rings. The zero-order chi connectivity index (χ0) is 16.7. The van der Waals surface area contributed by atoms with Crippen molar-refractivity contribution in [2.75, 3.05) is 23.7 Å². The van der Waals surface area contributed by atoms with Gasteiger partial charge in [0.15, 0.2) is 0 Å². The van der Waals surface area contributed by atoms with Crippen molar-refractivity contribution >= 4 is 40.7 Å². The SMILES string of the molecule is O=C(Nc1ccc2c(c1)C1=NCCN1C(=O)N2)c1ccc(Cl)cc1. The molecule has 0 radical (unpaired) electrons. The molecular weight excluding hydrogens is 328 g/mol. The molecule has 0 aliphatic carbocycles. The second kappa shape index (κ2) is 5.65. The van der Waals surface area contributed by atoms with Crippen LogP contribution in [0.15, 0.2) is 47.5 Å². The number of hydrogen-bond donors (Lipinski definition) is 2. The van der Waals surface area contributed by atoms with Crippen LogP contribution in [0.1, 0.15) is 15.9 Å². The number of nitrogens with zero attached hydrogens (tertiary/aromatic N) is 2. The number of aliphatic imine (C=N–C) groups is 1. The molecule has 0 saturated heterocycles. The van der Waals surface area contributed by atoms with Crippen molar-refractivity contribution in [2.24, 2.45) is 4.99 Å². The van der Waals surface area contributed by atoms with Crippen LogP contribution in [0.3, 0.4) is 0 Å². The molecule has 2 N–H and O–H groups in total. The summed E-state index contributed by atoms with van der Waals surface area (Å²) in [5, 5.41) is 6.26. The third-order valence-corrected chi connectivity index (χ3v) is 4.20. The molecule has 7 heteroatoms. The fourth-order valence-corrected chi connectivity index (χ4v) is 2.90. The highest BCUT2D eigenvalue weighted by molar-refractivity contribution is 6.30. The van der Waals surface area contributed by atoms with Crippen LogP contribution < -0.4 is 10.6 Å². The maximum Gasteiger partial charge on any atom is 0.327 e. The molecule has 0 spiro atoms. The van der Waals surface area contributed by atoms with E-state index in [1.807, 2.05) is 6.07 Å². The Kier molecular flexibility index (Phi) is 3.46. The lowest BCUT2D eigenvalue weighted by Gasteiger charge is -2.26. The first-order valence-corrected chi connectivity index (χ1v) is 7.84. The summed E-state index contributed by atoms with van der Waals surface area (Å²) < 4.78 is 0. The Morgan fingerprint density at radius 2 is 2.00 bits per heavy atom. The van der Waals surface area contributed by atoms with Gasteiger partial charge < -0.3 is 10.6 Å². The standard InChI is InChI=1S/C17H13ClN4O2/c18-11-3-1-10(2-4-11)16(23)20-12-5-6-14-13(9-12)15-19-7-8-22(15)17(24)21-14/h1-6,9H,7-8H2,(H,20,23)(H,21,24). The maximum absolute atomic E-state index is 12.3. The number of carbonyl (C=O) groups is 2. The molecule has 24 heavy (non-hydrogen) atoms. The van der Waals surface area contributed by atoms with Crippen molar-refractivity contribution in [3.05, 3.63) is 58.6 Å². The molecule has 4 rings (SSSR count). The fourth-order valence-electron chi connectivity index (χ4n) is 2.78. The molecular formula is C17H13ClN4O2. The van der Waals surface area contributed by atoms with Crippen molar-refractivity contribution in [3.8, 4) is 0 Å². The first-order chi connectivity index (χ1) is 11.6. The van der Waals surface area contributed by atoms with E-state index >= 15 is 0 Å². The number of amides is 3. The normalized spacial score (nSPS) is 15.3. The van der Waals surface area contributed by atoms with Crippen molar-refractivity contribution in [3.63, 3.8) is 0 Å². The van der Waals surface area contributed by atoms with E-state index in [9.17, 15) is 9.59 Å². The van der Waals surface area contributed by atoms with Gasteiger partial charge >= 0.3 is 6.03 Å². The van der Waals surface area contributed by atoms with Crippen LogP contribution in [0.5, 0.6) is 0 Å². The van der Waals surface area contributed by atoms with Gasteiger partial charge in [0.25, 0.3) is 5.91 Å². The first kappa shape index (κ1) is 14.7. The predicted octanol–water partition coefficient (Wildman–Crippen LogP) is 3.20. The van der Waals surface area contributed by atoms with Gasteiger partial charge in [-0.05, 0) is 42.5 Å². The lowest BCUT2D eigenvalue weighted by Crippen LogP contribution is -2.42. The summed E-state index contributed by atoms with van der Waals surface area (Å²) in [5.74, 6) is 0.424. The van der Waals surface area contributed by atoms with E-state index in [-0.39, 0.29) is 11.9 Å². The monoisotopic (exact) mass is 340 g/mol. The average Bonchev–Trinajstić information content (AvgIpc) is 3.07. The third-order valence-electron chi connectivity index (χ3n) is 3.95. The molecule has 0 saturated carbocycles. The molecule has 120 valence electrons. The summed E-state index contributed by atoms with van der Waals surface area (Å²) >= 11 is 5.84. The molecule has 0 bridgehead atoms. The molecule has 0 aromatic heterocycles. The van der Waals surface area contributed by atoms with E-state index in [0.717, 1.165) is 5.56 Å². The zero-order valence-electron chi connectivity index (χ0n) is 12.5. The highest BCUT2D eigenvalue weighted by Gasteiger charge is 2.31. The Morgan fingerprint density at radius 1 is 1.21 bits per heavy atom. The molecule has 0 atom stereocenters. The summed E-state index contributed by atoms with van der Waals surface area (Å²) in [6.45, 7) is 1.16. The minimum absolute atomic E-state index is 0.170. The predicted molar refractivity (Wildman–Crippen MR) is 93.0 cm³/mol. The number of anilines is 2. The fraction of sp³-hybridized carbons (Fsp3) is 0.118. The maximum atomic E-state index is 12.3. The van der Waals surface area contributed by atoms with Crippen LogP contribution in [0.2, 0.25) is 5.02 Å². The van der Waals surface area contributed by atoms with Crippen molar-refractivity contribution in [2.45, 2.75) is 0 Å². The molecule has 0 unspecified atom stereocenters. The summed E-state index contributed by atoms with van der Waals surface area (Å²) in [6.07, 6.45) is 0. The molecule has 2 aliphatic heterocycles. The Bertz CT molecular complexity index is 877. The van der Waals surface area contributed by atoms with Crippen LogP contribution >= 0.6 is 11.6 Å². The summed E-state index contributed by atoms with van der Waals surface area (Å²) in [6, 6.07) is 11.8. The average molecular weight is 341 g/mol. The topological polar surface area (TPSA) is 73.8 Å². The zero-order valence-corrected chi connectivity index (χ0v) is 13.3. The molecule has 2 aromatic carbocycles. The Balaban J connectivity index is 1.62. The van der Waals surface area contributed by atoms with Gasteiger partial charge in [0.2, 0.25) is 0 Å². The lowest BCUT2D eigenvalue weighted by molar-refractivity contribution is 0.102. The summed E-state index contributed by atoms with van der Waals surface area (Å²) in [7, 11) is 0. The second-order valence-corrected chi connectivity index (χ2v) is 5.94. The van der Waals surface area contributed by atoms with E-state index in [1.165, 1.54) is 0 Å². The van der Waals surface area contributed by atoms with Gasteiger partial charge in [-0.25, -0.2) is 4.79 Å². The van der Waals surface area contributed by atoms with E-state index in [2.05, 4.69) is 15.6 Å². The second-order valence-electron chi connectivity index (χ2n) is 5.51. The molecule has 2 aromatic rings. The number of fused-ring (bicyclic) bond motifs is 3. The van der Waals surface area contributed by atoms with Gasteiger partial charge in [-0.15, -0.1) is 0 Å². The number of carbonyl (C=O) groups excluding carboxylic acids is 2. The van der Waals surface area contributed by atoms with Crippen LogP contribution in [-0.4, -0.2) is 35.8 Å². The number of halogens is 1. The highest BCUT2D eigenvalue weighted by Crippen LogP contribution is 2.29. The van der Waals surface area contributed by atoms with Crippen molar-refractivity contribution in [1.29, 1.82) is 0 Å². The van der Waals surface area contributed by atoms with Gasteiger partial charge in [0.1, 0.15) is 5.84 Å². The number of hydrogen-bond acceptors (Lipinski definition) is 3. The molecule has 2 aliphatic rings. The lowest BCUT2D eigenvalue weighted by atomic mass is 10.1. The molecule has 3 amide bonds. The molecule has 2 heterocycles. The van der Waals surface area contributed by atoms with E-state index in [0.29, 0.717) is 40.9 Å². The van der Waals surface area contributed by atoms with Crippen molar-refractivity contribution < 1.29 is 9.59 Å². The summed E-state index contributed by atoms with van der Waals surface area (Å²) in [5.41, 5.74) is 2.66. The van der Waals surface area contributed by atoms with Crippen molar-refractivity contribution in [1.82, 2.24) is 4.90 Å². The van der Waals surface area contributed by atoms with Gasteiger partial charge in [-0.2, -0.15) is 0 Å². The minimum Gasteiger partial charge on any atom is -0.322 e. The number of amidine groups is 1. The van der Waals surface area contributed by atoms with Crippen LogP contribution in [-0.2, 0) is 0 Å². The summed E-state index contributed by atoms with van der Waals surface area (Å²) in [4.78, 5) is 30.3. The Hall–Kier alpha value is -2.86. The van der Waals surface area contributed by atoms with Gasteiger partial charge in [0.05, 0.1) is 12.2 Å². The van der Waals surface area contributed by atoms with Gasteiger partial charge in [-0.1, -0.05) is 11.6 Å². The minimum atomic E-state index is -0.225. The number of urea groups is 1. The largest absolute Gasteiger partial charge is 0.327 e. The van der Waals surface area contributed by atoms with Crippen LogP contribution in [0.4, 0.5) is 16.2 Å². The van der Waals surface area contributed by atoms with Gasteiger partial charge in [-0.3, -0.25) is 14.7 Å². The van der Waals surface area contributed by atoms with E-state index < -0.39 is 0 Å². The number of benzene rings is 2. The number of rotatable bonds is 2. The number of nitrogens with one attached hydrogen (secondary N) is 2. The highest BCUT2D eigenvalue weighted by atomic mass is 35.5. The Morgan fingerprint density at radius 3 is 2.79 bits per heavy atom. The Labute approximate surface area is 143 Å². The van der Waals surface area contributed by atoms with Gasteiger partial charge in [0, 0.05) is 28.4 Å². The molecule has 6 nitrogen and oxygen atoms in total. The van der Waals surface area contributed by atoms with E-state index in [1.54, 1.807) is 41.3 Å². The van der Waals surface area contributed by atoms with Crippen LogP contribution in [0, 0.1) is 0 Å². The first-order valence-electron chi connectivity index (χ1n) is 7.46. The quantitative estimate of drug-likeness (QED) is 0.881.